The van der Waals surface area contributed by atoms with Gasteiger partial charge in [-0.05, 0) is 23.3 Å². The Morgan fingerprint density at radius 1 is 0.812 bits per heavy atom. The molecule has 16 heavy (non-hydrogen) atoms. The molecule has 0 aliphatic rings. The molecule has 0 heterocycles. The van der Waals surface area contributed by atoms with Gasteiger partial charge in [-0.15, -0.1) is 0 Å². The molecule has 0 N–H and O–H groups in total. The van der Waals surface area contributed by atoms with E-state index in [0.717, 1.165) is 5.75 Å². The van der Waals surface area contributed by atoms with Gasteiger partial charge in [0.1, 0.15) is 5.75 Å². The molecule has 0 aliphatic heterocycles. The van der Waals surface area contributed by atoms with Crippen molar-refractivity contribution in [3.8, 4) is 5.75 Å². The van der Waals surface area contributed by atoms with Crippen LogP contribution in [0.4, 0.5) is 0 Å². The Morgan fingerprint density at radius 3 is 1.94 bits per heavy atom. The van der Waals surface area contributed by atoms with Gasteiger partial charge < -0.3 is 4.74 Å². The number of methoxy groups -OCH3 is 1. The van der Waals surface area contributed by atoms with Gasteiger partial charge in [0.25, 0.3) is 0 Å². The molecule has 0 aromatic heterocycles. The van der Waals surface area contributed by atoms with Crippen LogP contribution in [0.5, 0.6) is 5.75 Å². The Bertz CT molecular complexity index is 431. The first-order chi connectivity index (χ1) is 7.81. The highest BCUT2D eigenvalue weighted by Crippen LogP contribution is 2.25. The summed E-state index contributed by atoms with van der Waals surface area (Å²) in [5.41, 5.74) is 2.65. The summed E-state index contributed by atoms with van der Waals surface area (Å²) >= 11 is 0. The standard InChI is InChI=1S/C15H16O/c1-12(13-6-4-3-5-7-13)14-8-10-15(16-2)11-9-14/h3-12H,1-2H3/t12-/m0/s1. The van der Waals surface area contributed by atoms with E-state index in [1.54, 1.807) is 7.11 Å². The van der Waals surface area contributed by atoms with Gasteiger partial charge in [0.15, 0.2) is 0 Å². The topological polar surface area (TPSA) is 9.23 Å². The lowest BCUT2D eigenvalue weighted by molar-refractivity contribution is 0.414. The summed E-state index contributed by atoms with van der Waals surface area (Å²) in [6.45, 7) is 2.22. The predicted octanol–water partition coefficient (Wildman–Crippen LogP) is 3.85. The lowest BCUT2D eigenvalue weighted by Crippen LogP contribution is -1.95. The van der Waals surface area contributed by atoms with Crippen molar-refractivity contribution in [2.45, 2.75) is 12.8 Å². The van der Waals surface area contributed by atoms with Crippen molar-refractivity contribution in [2.75, 3.05) is 7.11 Å². The summed E-state index contributed by atoms with van der Waals surface area (Å²) in [7, 11) is 1.69. The monoisotopic (exact) mass is 212 g/mol. The molecule has 1 nitrogen and oxygen atoms in total. The van der Waals surface area contributed by atoms with Crippen LogP contribution in [0, 0.1) is 0 Å². The largest absolute Gasteiger partial charge is 0.497 e. The summed E-state index contributed by atoms with van der Waals surface area (Å²) < 4.78 is 5.15. The van der Waals surface area contributed by atoms with Crippen molar-refractivity contribution < 1.29 is 4.74 Å². The van der Waals surface area contributed by atoms with Crippen LogP contribution < -0.4 is 4.74 Å². The molecule has 0 bridgehead atoms. The second-order valence-electron chi connectivity index (χ2n) is 3.91. The molecule has 1 heteroatoms. The summed E-state index contributed by atoms with van der Waals surface area (Å²) in [6, 6.07) is 18.8. The summed E-state index contributed by atoms with van der Waals surface area (Å²) in [6.07, 6.45) is 0. The minimum Gasteiger partial charge on any atom is -0.497 e. The van der Waals surface area contributed by atoms with E-state index in [4.69, 9.17) is 4.74 Å². The third kappa shape index (κ3) is 2.25. The summed E-state index contributed by atoms with van der Waals surface area (Å²) in [4.78, 5) is 0. The highest BCUT2D eigenvalue weighted by Gasteiger charge is 2.07. The maximum Gasteiger partial charge on any atom is 0.118 e. The van der Waals surface area contributed by atoms with Crippen molar-refractivity contribution in [2.24, 2.45) is 0 Å². The fourth-order valence-corrected chi connectivity index (χ4v) is 1.83. The van der Waals surface area contributed by atoms with Gasteiger partial charge in [-0.1, -0.05) is 49.4 Å². The van der Waals surface area contributed by atoms with Crippen LogP contribution in [-0.2, 0) is 0 Å². The van der Waals surface area contributed by atoms with Crippen molar-refractivity contribution >= 4 is 0 Å². The molecule has 0 spiro atoms. The molecule has 2 rings (SSSR count). The molecular weight excluding hydrogens is 196 g/mol. The van der Waals surface area contributed by atoms with E-state index in [1.807, 2.05) is 18.2 Å². The lowest BCUT2D eigenvalue weighted by Gasteiger charge is -2.12. The second-order valence-corrected chi connectivity index (χ2v) is 3.91. The zero-order valence-corrected chi connectivity index (χ0v) is 9.68. The third-order valence-corrected chi connectivity index (χ3v) is 2.92. The zero-order valence-electron chi connectivity index (χ0n) is 9.68. The first-order valence-corrected chi connectivity index (χ1v) is 5.50. The average molecular weight is 212 g/mol. The van der Waals surface area contributed by atoms with Crippen LogP contribution in [0.15, 0.2) is 54.6 Å². The molecular formula is C15H16O. The maximum atomic E-state index is 5.15. The number of ether oxygens (including phenoxy) is 1. The fourth-order valence-electron chi connectivity index (χ4n) is 1.83. The summed E-state index contributed by atoms with van der Waals surface area (Å²) in [5.74, 6) is 1.33. The van der Waals surface area contributed by atoms with E-state index < -0.39 is 0 Å². The van der Waals surface area contributed by atoms with Crippen LogP contribution in [0.3, 0.4) is 0 Å². The molecule has 0 unspecified atom stereocenters. The molecule has 0 saturated carbocycles. The molecule has 2 aromatic rings. The van der Waals surface area contributed by atoms with E-state index >= 15 is 0 Å². The number of hydrogen-bond acceptors (Lipinski definition) is 1. The van der Waals surface area contributed by atoms with Gasteiger partial charge >= 0.3 is 0 Å². The van der Waals surface area contributed by atoms with E-state index in [-0.39, 0.29) is 0 Å². The van der Waals surface area contributed by atoms with E-state index in [2.05, 4.69) is 43.3 Å². The van der Waals surface area contributed by atoms with Crippen LogP contribution in [0.1, 0.15) is 24.0 Å². The van der Waals surface area contributed by atoms with Crippen molar-refractivity contribution in [1.82, 2.24) is 0 Å². The fraction of sp³-hybridized carbons (Fsp3) is 0.200. The molecule has 0 fully saturated rings. The van der Waals surface area contributed by atoms with Gasteiger partial charge in [0.2, 0.25) is 0 Å². The van der Waals surface area contributed by atoms with Gasteiger partial charge in [-0.3, -0.25) is 0 Å². The maximum absolute atomic E-state index is 5.15. The first kappa shape index (κ1) is 10.7. The molecule has 2 aromatic carbocycles. The van der Waals surface area contributed by atoms with Gasteiger partial charge in [-0.25, -0.2) is 0 Å². The van der Waals surface area contributed by atoms with Gasteiger partial charge in [0, 0.05) is 5.92 Å². The highest BCUT2D eigenvalue weighted by atomic mass is 16.5. The van der Waals surface area contributed by atoms with Crippen LogP contribution in [0.25, 0.3) is 0 Å². The zero-order chi connectivity index (χ0) is 11.4. The van der Waals surface area contributed by atoms with Crippen LogP contribution in [-0.4, -0.2) is 7.11 Å². The molecule has 0 saturated heterocycles. The minimum absolute atomic E-state index is 0.423. The molecule has 1 atom stereocenters. The predicted molar refractivity (Wildman–Crippen MR) is 67.0 cm³/mol. The lowest BCUT2D eigenvalue weighted by atomic mass is 9.93. The van der Waals surface area contributed by atoms with E-state index in [9.17, 15) is 0 Å². The van der Waals surface area contributed by atoms with Crippen molar-refractivity contribution in [3.63, 3.8) is 0 Å². The van der Waals surface area contributed by atoms with E-state index in [0.29, 0.717) is 5.92 Å². The Labute approximate surface area is 96.7 Å². The Kier molecular flexibility index (Phi) is 3.25. The molecule has 0 radical (unpaired) electrons. The van der Waals surface area contributed by atoms with Crippen molar-refractivity contribution in [3.05, 3.63) is 65.7 Å². The average Bonchev–Trinajstić information content (AvgIpc) is 2.39. The Morgan fingerprint density at radius 2 is 1.38 bits per heavy atom. The van der Waals surface area contributed by atoms with Gasteiger partial charge in [0.05, 0.1) is 7.11 Å². The van der Waals surface area contributed by atoms with Crippen molar-refractivity contribution in [1.29, 1.82) is 0 Å². The molecule has 82 valence electrons. The number of hydrogen-bond donors (Lipinski definition) is 0. The smallest absolute Gasteiger partial charge is 0.118 e. The Hall–Kier alpha value is -1.76. The Balaban J connectivity index is 2.24. The van der Waals surface area contributed by atoms with E-state index in [1.165, 1.54) is 11.1 Å². The van der Waals surface area contributed by atoms with Crippen LogP contribution in [0.2, 0.25) is 0 Å². The second kappa shape index (κ2) is 4.84. The quantitative estimate of drug-likeness (QED) is 0.751. The molecule has 0 amide bonds. The van der Waals surface area contributed by atoms with Gasteiger partial charge in [-0.2, -0.15) is 0 Å². The van der Waals surface area contributed by atoms with Crippen LogP contribution >= 0.6 is 0 Å². The summed E-state index contributed by atoms with van der Waals surface area (Å²) in [5, 5.41) is 0. The number of benzene rings is 2. The number of rotatable bonds is 3. The highest BCUT2D eigenvalue weighted by molar-refractivity contribution is 5.35. The first-order valence-electron chi connectivity index (χ1n) is 5.50. The molecule has 0 aliphatic carbocycles. The SMILES string of the molecule is COc1ccc([C@@H](C)c2ccccc2)cc1. The third-order valence-electron chi connectivity index (χ3n) is 2.92. The normalized spacial score (nSPS) is 12.1. The minimum atomic E-state index is 0.423.